The van der Waals surface area contributed by atoms with Crippen molar-refractivity contribution in [2.45, 2.75) is 0 Å². The molecular formula is C8H7NS2. The maximum Gasteiger partial charge on any atom is 0.0601 e. The molecule has 2 rings (SSSR count). The SMILES string of the molecule is C1=CSN(c2ccccc2)S1. The topological polar surface area (TPSA) is 3.24 Å². The van der Waals surface area contributed by atoms with E-state index in [1.54, 1.807) is 23.9 Å². The molecule has 0 atom stereocenters. The molecule has 3 heteroatoms. The standard InChI is InChI=1S/C8H7NS2/c1-2-4-8(5-3-1)9-10-6-7-11-9/h1-7H. The molecule has 0 bridgehead atoms. The fourth-order valence-corrected chi connectivity index (χ4v) is 2.46. The van der Waals surface area contributed by atoms with Crippen LogP contribution in [0.4, 0.5) is 5.69 Å². The Balaban J connectivity index is 2.17. The largest absolute Gasteiger partial charge is 0.250 e. The van der Waals surface area contributed by atoms with Gasteiger partial charge in [-0.05, 0) is 36.0 Å². The monoisotopic (exact) mass is 181 g/mol. The molecule has 0 aliphatic carbocycles. The highest BCUT2D eigenvalue weighted by Crippen LogP contribution is 2.36. The van der Waals surface area contributed by atoms with Crippen molar-refractivity contribution in [1.29, 1.82) is 0 Å². The van der Waals surface area contributed by atoms with Crippen LogP contribution in [0.25, 0.3) is 0 Å². The Labute approximate surface area is 74.7 Å². The minimum Gasteiger partial charge on any atom is -0.250 e. The number of anilines is 1. The summed E-state index contributed by atoms with van der Waals surface area (Å²) in [7, 11) is 0. The summed E-state index contributed by atoms with van der Waals surface area (Å²) in [5, 5.41) is 4.16. The number of rotatable bonds is 1. The van der Waals surface area contributed by atoms with Crippen LogP contribution in [0.1, 0.15) is 0 Å². The Morgan fingerprint density at radius 2 is 1.55 bits per heavy atom. The second-order valence-corrected chi connectivity index (χ2v) is 4.00. The average Bonchev–Trinajstić information content (AvgIpc) is 2.58. The summed E-state index contributed by atoms with van der Waals surface area (Å²) < 4.78 is 2.17. The number of hydrogen-bond acceptors (Lipinski definition) is 3. The summed E-state index contributed by atoms with van der Waals surface area (Å²) in [4.78, 5) is 0. The van der Waals surface area contributed by atoms with E-state index in [1.165, 1.54) is 5.69 Å². The summed E-state index contributed by atoms with van der Waals surface area (Å²) in [5.74, 6) is 0. The first kappa shape index (κ1) is 7.13. The van der Waals surface area contributed by atoms with Gasteiger partial charge >= 0.3 is 0 Å². The Morgan fingerprint density at radius 3 is 2.18 bits per heavy atom. The summed E-state index contributed by atoms with van der Waals surface area (Å²) in [6.45, 7) is 0. The molecule has 0 aromatic heterocycles. The maximum absolute atomic E-state index is 2.17. The van der Waals surface area contributed by atoms with Crippen molar-refractivity contribution in [2.24, 2.45) is 0 Å². The van der Waals surface area contributed by atoms with E-state index in [-0.39, 0.29) is 0 Å². The number of benzene rings is 1. The summed E-state index contributed by atoms with van der Waals surface area (Å²) >= 11 is 3.42. The van der Waals surface area contributed by atoms with Gasteiger partial charge in [-0.2, -0.15) is 0 Å². The molecule has 0 spiro atoms. The van der Waals surface area contributed by atoms with Crippen molar-refractivity contribution in [3.8, 4) is 0 Å². The van der Waals surface area contributed by atoms with Crippen LogP contribution in [0.2, 0.25) is 0 Å². The smallest absolute Gasteiger partial charge is 0.0601 e. The quantitative estimate of drug-likeness (QED) is 0.612. The average molecular weight is 181 g/mol. The predicted molar refractivity (Wildman–Crippen MR) is 53.2 cm³/mol. The molecule has 1 aliphatic rings. The molecule has 1 aromatic rings. The van der Waals surface area contributed by atoms with Crippen LogP contribution in [0, 0.1) is 0 Å². The zero-order valence-electron chi connectivity index (χ0n) is 5.81. The van der Waals surface area contributed by atoms with Gasteiger partial charge in [0.25, 0.3) is 0 Å². The van der Waals surface area contributed by atoms with E-state index in [1.807, 2.05) is 6.07 Å². The Hall–Kier alpha value is -0.540. The Morgan fingerprint density at radius 1 is 0.909 bits per heavy atom. The summed E-state index contributed by atoms with van der Waals surface area (Å²) in [6, 6.07) is 10.3. The molecule has 1 heterocycles. The third kappa shape index (κ3) is 1.54. The van der Waals surface area contributed by atoms with Gasteiger partial charge in [0.15, 0.2) is 0 Å². The minimum atomic E-state index is 1.24. The minimum absolute atomic E-state index is 1.24. The van der Waals surface area contributed by atoms with Crippen LogP contribution >= 0.6 is 23.9 Å². The molecule has 1 aliphatic heterocycles. The highest BCUT2D eigenvalue weighted by Gasteiger charge is 2.07. The van der Waals surface area contributed by atoms with Crippen molar-refractivity contribution in [1.82, 2.24) is 0 Å². The van der Waals surface area contributed by atoms with Crippen LogP contribution in [0.5, 0.6) is 0 Å². The normalized spacial score (nSPS) is 15.8. The lowest BCUT2D eigenvalue weighted by Gasteiger charge is -2.12. The van der Waals surface area contributed by atoms with Crippen LogP contribution < -0.4 is 3.71 Å². The molecule has 0 radical (unpaired) electrons. The van der Waals surface area contributed by atoms with Crippen LogP contribution in [0.3, 0.4) is 0 Å². The second kappa shape index (κ2) is 3.24. The molecule has 11 heavy (non-hydrogen) atoms. The van der Waals surface area contributed by atoms with Gasteiger partial charge in [-0.1, -0.05) is 18.2 Å². The number of nitrogens with zero attached hydrogens (tertiary/aromatic N) is 1. The van der Waals surface area contributed by atoms with E-state index in [0.29, 0.717) is 0 Å². The Bertz CT molecular complexity index is 250. The van der Waals surface area contributed by atoms with Crippen LogP contribution in [-0.2, 0) is 0 Å². The zero-order valence-corrected chi connectivity index (χ0v) is 7.44. The van der Waals surface area contributed by atoms with Crippen molar-refractivity contribution in [2.75, 3.05) is 3.71 Å². The van der Waals surface area contributed by atoms with Crippen molar-refractivity contribution < 1.29 is 0 Å². The van der Waals surface area contributed by atoms with Crippen molar-refractivity contribution in [3.05, 3.63) is 41.1 Å². The van der Waals surface area contributed by atoms with E-state index in [2.05, 4.69) is 38.8 Å². The van der Waals surface area contributed by atoms with Gasteiger partial charge in [-0.3, -0.25) is 3.71 Å². The molecule has 1 aromatic carbocycles. The molecular weight excluding hydrogens is 174 g/mol. The van der Waals surface area contributed by atoms with Gasteiger partial charge in [-0.15, -0.1) is 0 Å². The van der Waals surface area contributed by atoms with Crippen molar-refractivity contribution in [3.63, 3.8) is 0 Å². The first-order valence-electron chi connectivity index (χ1n) is 3.30. The maximum atomic E-state index is 2.17. The number of para-hydroxylation sites is 1. The lowest BCUT2D eigenvalue weighted by Crippen LogP contribution is -1.95. The van der Waals surface area contributed by atoms with Gasteiger partial charge < -0.3 is 0 Å². The molecule has 0 saturated carbocycles. The molecule has 0 saturated heterocycles. The first-order chi connectivity index (χ1) is 5.47. The van der Waals surface area contributed by atoms with E-state index in [4.69, 9.17) is 0 Å². The number of hydrogen-bond donors (Lipinski definition) is 0. The van der Waals surface area contributed by atoms with E-state index < -0.39 is 0 Å². The van der Waals surface area contributed by atoms with Gasteiger partial charge in [0.2, 0.25) is 0 Å². The lowest BCUT2D eigenvalue weighted by atomic mass is 10.3. The first-order valence-corrected chi connectivity index (χ1v) is 4.98. The summed E-state index contributed by atoms with van der Waals surface area (Å²) in [5.41, 5.74) is 1.24. The summed E-state index contributed by atoms with van der Waals surface area (Å²) in [6.07, 6.45) is 0. The van der Waals surface area contributed by atoms with Crippen molar-refractivity contribution >= 4 is 29.6 Å². The Kier molecular flexibility index (Phi) is 2.10. The van der Waals surface area contributed by atoms with Gasteiger partial charge in [0, 0.05) is 10.8 Å². The molecule has 56 valence electrons. The van der Waals surface area contributed by atoms with Crippen LogP contribution in [0.15, 0.2) is 41.1 Å². The van der Waals surface area contributed by atoms with Gasteiger partial charge in [0.05, 0.1) is 5.69 Å². The molecule has 1 nitrogen and oxygen atoms in total. The lowest BCUT2D eigenvalue weighted by molar-refractivity contribution is 1.62. The van der Waals surface area contributed by atoms with Gasteiger partial charge in [-0.25, -0.2) is 0 Å². The fraction of sp³-hybridized carbons (Fsp3) is 0. The molecule has 0 N–H and O–H groups in total. The van der Waals surface area contributed by atoms with E-state index in [9.17, 15) is 0 Å². The molecule has 0 unspecified atom stereocenters. The van der Waals surface area contributed by atoms with E-state index >= 15 is 0 Å². The zero-order chi connectivity index (χ0) is 7.52. The fourth-order valence-electron chi connectivity index (χ4n) is 0.857. The predicted octanol–water partition coefficient (Wildman–Crippen LogP) is 3.27. The highest BCUT2D eigenvalue weighted by molar-refractivity contribution is 8.23. The molecule has 0 amide bonds. The van der Waals surface area contributed by atoms with Crippen LogP contribution in [-0.4, -0.2) is 0 Å². The third-order valence-electron chi connectivity index (χ3n) is 1.34. The third-order valence-corrected chi connectivity index (χ3v) is 3.34. The van der Waals surface area contributed by atoms with Gasteiger partial charge in [0.1, 0.15) is 0 Å². The highest BCUT2D eigenvalue weighted by atomic mass is 32.2. The molecule has 0 fully saturated rings. The second-order valence-electron chi connectivity index (χ2n) is 2.08. The van der Waals surface area contributed by atoms with E-state index in [0.717, 1.165) is 0 Å².